The van der Waals surface area contributed by atoms with E-state index in [1.54, 1.807) is 0 Å². The van der Waals surface area contributed by atoms with Crippen molar-refractivity contribution >= 4 is 6.29 Å². The Kier molecular flexibility index (Phi) is 2.68. The van der Waals surface area contributed by atoms with Gasteiger partial charge in [-0.2, -0.15) is 0 Å². The van der Waals surface area contributed by atoms with Crippen LogP contribution in [0.2, 0.25) is 0 Å². The summed E-state index contributed by atoms with van der Waals surface area (Å²) in [5, 5.41) is 0. The number of ether oxygens (including phenoxy) is 1. The molecule has 3 atom stereocenters. The molecule has 0 aromatic rings. The topological polar surface area (TPSA) is 26.3 Å². The van der Waals surface area contributed by atoms with Gasteiger partial charge in [-0.05, 0) is 19.8 Å². The predicted octanol–water partition coefficient (Wildman–Crippen LogP) is 1.95. The summed E-state index contributed by atoms with van der Waals surface area (Å²) in [6.45, 7) is 7.63. The molecule has 0 aromatic heterocycles. The highest BCUT2D eigenvalue weighted by Gasteiger charge is 2.35. The van der Waals surface area contributed by atoms with E-state index in [2.05, 4.69) is 6.58 Å². The van der Waals surface area contributed by atoms with Crippen molar-refractivity contribution in [3.05, 3.63) is 12.7 Å². The highest BCUT2D eigenvalue weighted by Crippen LogP contribution is 2.33. The van der Waals surface area contributed by atoms with Crippen molar-refractivity contribution in [3.63, 3.8) is 0 Å². The Morgan fingerprint density at radius 2 is 2.42 bits per heavy atom. The van der Waals surface area contributed by atoms with Crippen molar-refractivity contribution < 1.29 is 9.53 Å². The first-order chi connectivity index (χ1) is 5.61. The SMILES string of the molecule is C=C[C@]1(C)CCC(C(C)C=O)O1. The van der Waals surface area contributed by atoms with Gasteiger partial charge in [0.05, 0.1) is 11.7 Å². The molecule has 2 heteroatoms. The lowest BCUT2D eigenvalue weighted by atomic mass is 10.00. The Morgan fingerprint density at radius 1 is 1.75 bits per heavy atom. The molecule has 2 nitrogen and oxygen atoms in total. The van der Waals surface area contributed by atoms with Crippen LogP contribution in [0.5, 0.6) is 0 Å². The van der Waals surface area contributed by atoms with Gasteiger partial charge in [-0.3, -0.25) is 0 Å². The minimum absolute atomic E-state index is 0.00627. The van der Waals surface area contributed by atoms with Crippen LogP contribution < -0.4 is 0 Å². The number of hydrogen-bond donors (Lipinski definition) is 0. The Labute approximate surface area is 73.6 Å². The fourth-order valence-corrected chi connectivity index (χ4v) is 1.50. The predicted molar refractivity (Wildman–Crippen MR) is 47.9 cm³/mol. The zero-order valence-corrected chi connectivity index (χ0v) is 7.75. The Morgan fingerprint density at radius 3 is 2.83 bits per heavy atom. The summed E-state index contributed by atoms with van der Waals surface area (Å²) in [5.74, 6) is 0.00627. The van der Waals surface area contributed by atoms with Gasteiger partial charge in [0.15, 0.2) is 0 Å². The number of rotatable bonds is 3. The van der Waals surface area contributed by atoms with Crippen LogP contribution >= 0.6 is 0 Å². The summed E-state index contributed by atoms with van der Waals surface area (Å²) in [6, 6.07) is 0. The van der Waals surface area contributed by atoms with E-state index in [1.165, 1.54) is 0 Å². The minimum atomic E-state index is -0.206. The monoisotopic (exact) mass is 168 g/mol. The van der Waals surface area contributed by atoms with Gasteiger partial charge in [0.1, 0.15) is 6.29 Å². The van der Waals surface area contributed by atoms with Crippen LogP contribution in [0.15, 0.2) is 12.7 Å². The first-order valence-electron chi connectivity index (χ1n) is 4.38. The highest BCUT2D eigenvalue weighted by atomic mass is 16.5. The van der Waals surface area contributed by atoms with E-state index in [9.17, 15) is 4.79 Å². The van der Waals surface area contributed by atoms with Gasteiger partial charge >= 0.3 is 0 Å². The Hall–Kier alpha value is -0.630. The second-order valence-electron chi connectivity index (χ2n) is 3.71. The summed E-state index contributed by atoms with van der Waals surface area (Å²) in [7, 11) is 0. The van der Waals surface area contributed by atoms with E-state index >= 15 is 0 Å². The van der Waals surface area contributed by atoms with Crippen molar-refractivity contribution in [2.75, 3.05) is 0 Å². The molecule has 0 aliphatic carbocycles. The second kappa shape index (κ2) is 3.40. The van der Waals surface area contributed by atoms with Crippen LogP contribution in [0.3, 0.4) is 0 Å². The number of carbonyl (C=O) groups is 1. The van der Waals surface area contributed by atoms with Crippen LogP contribution in [-0.4, -0.2) is 18.0 Å². The quantitative estimate of drug-likeness (QED) is 0.475. The molecule has 0 saturated carbocycles. The molecule has 2 unspecified atom stereocenters. The lowest BCUT2D eigenvalue weighted by molar-refractivity contribution is -0.115. The second-order valence-corrected chi connectivity index (χ2v) is 3.71. The Bertz CT molecular complexity index is 188. The third-order valence-electron chi connectivity index (χ3n) is 2.58. The number of carbonyl (C=O) groups excluding carboxylic acids is 1. The summed E-state index contributed by atoms with van der Waals surface area (Å²) in [5.41, 5.74) is -0.206. The van der Waals surface area contributed by atoms with E-state index in [0.29, 0.717) is 0 Å². The molecule has 0 N–H and O–H groups in total. The fraction of sp³-hybridized carbons (Fsp3) is 0.700. The van der Waals surface area contributed by atoms with Crippen LogP contribution in [-0.2, 0) is 9.53 Å². The Balaban J connectivity index is 2.55. The van der Waals surface area contributed by atoms with Crippen molar-refractivity contribution in [2.24, 2.45) is 5.92 Å². The summed E-state index contributed by atoms with van der Waals surface area (Å²) in [4.78, 5) is 10.5. The molecule has 1 aliphatic heterocycles. The van der Waals surface area contributed by atoms with Crippen LogP contribution in [0.1, 0.15) is 26.7 Å². The zero-order valence-electron chi connectivity index (χ0n) is 7.75. The molecule has 1 fully saturated rings. The first-order valence-corrected chi connectivity index (χ1v) is 4.38. The molecule has 0 bridgehead atoms. The maximum absolute atomic E-state index is 10.5. The maximum atomic E-state index is 10.5. The highest BCUT2D eigenvalue weighted by molar-refractivity contribution is 5.53. The number of hydrogen-bond acceptors (Lipinski definition) is 2. The lowest BCUT2D eigenvalue weighted by Crippen LogP contribution is -2.25. The van der Waals surface area contributed by atoms with Gasteiger partial charge in [-0.1, -0.05) is 13.0 Å². The van der Waals surface area contributed by atoms with Gasteiger partial charge < -0.3 is 9.53 Å². The van der Waals surface area contributed by atoms with Crippen molar-refractivity contribution in [1.29, 1.82) is 0 Å². The minimum Gasteiger partial charge on any atom is -0.367 e. The van der Waals surface area contributed by atoms with Crippen LogP contribution in [0.4, 0.5) is 0 Å². The molecule has 1 aliphatic rings. The normalized spacial score (nSPS) is 37.7. The van der Waals surface area contributed by atoms with E-state index in [1.807, 2.05) is 19.9 Å². The van der Waals surface area contributed by atoms with Crippen LogP contribution in [0.25, 0.3) is 0 Å². The van der Waals surface area contributed by atoms with E-state index in [4.69, 9.17) is 4.74 Å². The standard InChI is InChI=1S/C10H16O2/c1-4-10(3)6-5-9(12-10)8(2)7-11/h4,7-9H,1,5-6H2,2-3H3/t8?,9?,10-/m1/s1. The smallest absolute Gasteiger partial charge is 0.125 e. The average Bonchev–Trinajstić information content (AvgIpc) is 2.48. The van der Waals surface area contributed by atoms with E-state index < -0.39 is 0 Å². The van der Waals surface area contributed by atoms with E-state index in [0.717, 1.165) is 19.1 Å². The molecular weight excluding hydrogens is 152 g/mol. The molecule has 1 rings (SSSR count). The van der Waals surface area contributed by atoms with Crippen molar-refractivity contribution in [2.45, 2.75) is 38.4 Å². The van der Waals surface area contributed by atoms with Gasteiger partial charge in [0.25, 0.3) is 0 Å². The van der Waals surface area contributed by atoms with Crippen molar-refractivity contribution in [1.82, 2.24) is 0 Å². The third kappa shape index (κ3) is 1.75. The van der Waals surface area contributed by atoms with Gasteiger partial charge in [0.2, 0.25) is 0 Å². The molecule has 0 spiro atoms. The fourth-order valence-electron chi connectivity index (χ4n) is 1.50. The average molecular weight is 168 g/mol. The largest absolute Gasteiger partial charge is 0.367 e. The molecule has 1 heterocycles. The van der Waals surface area contributed by atoms with Crippen LogP contribution in [0, 0.1) is 5.92 Å². The third-order valence-corrected chi connectivity index (χ3v) is 2.58. The van der Waals surface area contributed by atoms with Gasteiger partial charge in [-0.15, -0.1) is 6.58 Å². The van der Waals surface area contributed by atoms with Gasteiger partial charge in [-0.25, -0.2) is 0 Å². The maximum Gasteiger partial charge on any atom is 0.125 e. The van der Waals surface area contributed by atoms with Crippen molar-refractivity contribution in [3.8, 4) is 0 Å². The first kappa shape index (κ1) is 9.46. The summed E-state index contributed by atoms with van der Waals surface area (Å²) >= 11 is 0. The summed E-state index contributed by atoms with van der Waals surface area (Å²) in [6.07, 6.45) is 4.80. The molecule has 12 heavy (non-hydrogen) atoms. The zero-order chi connectivity index (χ0) is 9.19. The summed E-state index contributed by atoms with van der Waals surface area (Å²) < 4.78 is 5.70. The molecule has 68 valence electrons. The van der Waals surface area contributed by atoms with E-state index in [-0.39, 0.29) is 17.6 Å². The lowest BCUT2D eigenvalue weighted by Gasteiger charge is -2.21. The molecule has 0 radical (unpaired) electrons. The number of aldehydes is 1. The molecule has 0 aromatic carbocycles. The van der Waals surface area contributed by atoms with Gasteiger partial charge in [0, 0.05) is 5.92 Å². The molecule has 1 saturated heterocycles. The molecular formula is C10H16O2. The molecule has 0 amide bonds.